The van der Waals surface area contributed by atoms with E-state index in [4.69, 9.17) is 4.74 Å². The average Bonchev–Trinajstić information content (AvgIpc) is 2.47. The van der Waals surface area contributed by atoms with Crippen LogP contribution in [0.4, 0.5) is 0 Å². The molecule has 0 saturated heterocycles. The van der Waals surface area contributed by atoms with Crippen LogP contribution in [0.15, 0.2) is 24.3 Å². The van der Waals surface area contributed by atoms with Gasteiger partial charge >= 0.3 is 0 Å². The molecular formula is C16H23NO2. The van der Waals surface area contributed by atoms with Crippen LogP contribution in [0, 0.1) is 0 Å². The second-order valence-electron chi connectivity index (χ2n) is 5.19. The molecule has 1 N–H and O–H groups in total. The predicted molar refractivity (Wildman–Crippen MR) is 76.4 cm³/mol. The highest BCUT2D eigenvalue weighted by molar-refractivity contribution is 5.90. The first-order chi connectivity index (χ1) is 9.23. The van der Waals surface area contributed by atoms with Gasteiger partial charge < -0.3 is 10.1 Å². The fourth-order valence-electron chi connectivity index (χ4n) is 2.85. The molecular weight excluding hydrogens is 238 g/mol. The first kappa shape index (κ1) is 14.1. The van der Waals surface area contributed by atoms with Gasteiger partial charge in [0.1, 0.15) is 11.3 Å². The second-order valence-corrected chi connectivity index (χ2v) is 5.19. The van der Waals surface area contributed by atoms with Crippen molar-refractivity contribution in [1.82, 2.24) is 5.32 Å². The highest BCUT2D eigenvalue weighted by Crippen LogP contribution is 2.35. The van der Waals surface area contributed by atoms with E-state index in [1.165, 1.54) is 0 Å². The van der Waals surface area contributed by atoms with Crippen molar-refractivity contribution in [3.05, 3.63) is 29.8 Å². The maximum Gasteiger partial charge on any atom is 0.157 e. The van der Waals surface area contributed by atoms with E-state index in [-0.39, 0.29) is 0 Å². The second kappa shape index (κ2) is 6.20. The molecule has 104 valence electrons. The lowest BCUT2D eigenvalue weighted by Crippen LogP contribution is -2.51. The Morgan fingerprint density at radius 3 is 2.89 bits per heavy atom. The zero-order valence-corrected chi connectivity index (χ0v) is 11.9. The van der Waals surface area contributed by atoms with Crippen molar-refractivity contribution in [3.8, 4) is 5.75 Å². The van der Waals surface area contributed by atoms with Crippen molar-refractivity contribution < 1.29 is 9.53 Å². The summed E-state index contributed by atoms with van der Waals surface area (Å²) >= 11 is 0. The number of hydrogen-bond donors (Lipinski definition) is 1. The van der Waals surface area contributed by atoms with Gasteiger partial charge in [-0.3, -0.25) is 4.79 Å². The summed E-state index contributed by atoms with van der Waals surface area (Å²) in [6.45, 7) is 2.99. The summed E-state index contributed by atoms with van der Waals surface area (Å²) in [6.07, 6.45) is 4.70. The SMILES string of the molecule is CCCNC1(c2cccc(OC)c2)CCCCC1=O. The van der Waals surface area contributed by atoms with Gasteiger partial charge in [-0.2, -0.15) is 0 Å². The minimum Gasteiger partial charge on any atom is -0.497 e. The lowest BCUT2D eigenvalue weighted by Gasteiger charge is -2.37. The maximum absolute atomic E-state index is 12.5. The molecule has 1 aliphatic rings. The highest BCUT2D eigenvalue weighted by Gasteiger charge is 2.40. The van der Waals surface area contributed by atoms with Gasteiger partial charge in [0.15, 0.2) is 5.78 Å². The molecule has 2 rings (SSSR count). The van der Waals surface area contributed by atoms with Gasteiger partial charge in [-0.25, -0.2) is 0 Å². The molecule has 0 spiro atoms. The van der Waals surface area contributed by atoms with E-state index in [9.17, 15) is 4.79 Å². The number of benzene rings is 1. The number of ether oxygens (including phenoxy) is 1. The van der Waals surface area contributed by atoms with Crippen molar-refractivity contribution in [1.29, 1.82) is 0 Å². The standard InChI is InChI=1S/C16H23NO2/c1-3-11-17-16(10-5-4-9-15(16)18)13-7-6-8-14(12-13)19-2/h6-8,12,17H,3-5,9-11H2,1-2H3. The molecule has 1 aromatic carbocycles. The Morgan fingerprint density at radius 2 is 2.21 bits per heavy atom. The molecule has 1 unspecified atom stereocenters. The largest absolute Gasteiger partial charge is 0.497 e. The summed E-state index contributed by atoms with van der Waals surface area (Å²) in [5, 5.41) is 3.50. The van der Waals surface area contributed by atoms with Gasteiger partial charge in [-0.15, -0.1) is 0 Å². The van der Waals surface area contributed by atoms with Gasteiger partial charge in [-0.1, -0.05) is 25.5 Å². The number of nitrogens with one attached hydrogen (secondary N) is 1. The van der Waals surface area contributed by atoms with Crippen LogP contribution >= 0.6 is 0 Å². The minimum absolute atomic E-state index is 0.320. The summed E-state index contributed by atoms with van der Waals surface area (Å²) in [5.41, 5.74) is 0.549. The third kappa shape index (κ3) is 2.81. The van der Waals surface area contributed by atoms with Crippen LogP contribution in [0.5, 0.6) is 5.75 Å². The molecule has 1 saturated carbocycles. The quantitative estimate of drug-likeness (QED) is 0.885. The molecule has 0 heterocycles. The summed E-state index contributed by atoms with van der Waals surface area (Å²) in [5.74, 6) is 1.13. The topological polar surface area (TPSA) is 38.3 Å². The summed E-state index contributed by atoms with van der Waals surface area (Å²) in [4.78, 5) is 12.5. The number of methoxy groups -OCH3 is 1. The highest BCUT2D eigenvalue weighted by atomic mass is 16.5. The average molecular weight is 261 g/mol. The number of ketones is 1. The number of carbonyl (C=O) groups is 1. The fraction of sp³-hybridized carbons (Fsp3) is 0.562. The summed E-state index contributed by atoms with van der Waals surface area (Å²) in [6, 6.07) is 7.91. The van der Waals surface area contributed by atoms with Crippen LogP contribution < -0.4 is 10.1 Å². The number of Topliss-reactive ketones (excluding diaryl/α,β-unsaturated/α-hetero) is 1. The smallest absolute Gasteiger partial charge is 0.157 e. The maximum atomic E-state index is 12.5. The number of carbonyl (C=O) groups excluding carboxylic acids is 1. The molecule has 3 heteroatoms. The van der Waals surface area contributed by atoms with Crippen LogP contribution in [0.1, 0.15) is 44.6 Å². The monoisotopic (exact) mass is 261 g/mol. The summed E-state index contributed by atoms with van der Waals surface area (Å²) in [7, 11) is 1.66. The molecule has 3 nitrogen and oxygen atoms in total. The van der Waals surface area contributed by atoms with Crippen molar-refractivity contribution in [3.63, 3.8) is 0 Å². The van der Waals surface area contributed by atoms with Gasteiger partial charge in [0.05, 0.1) is 7.11 Å². The molecule has 19 heavy (non-hydrogen) atoms. The Hall–Kier alpha value is -1.35. The van der Waals surface area contributed by atoms with Crippen molar-refractivity contribution in [2.75, 3.05) is 13.7 Å². The van der Waals surface area contributed by atoms with Gasteiger partial charge in [0.2, 0.25) is 0 Å². The Kier molecular flexibility index (Phi) is 4.59. The van der Waals surface area contributed by atoms with Crippen LogP contribution in [0.25, 0.3) is 0 Å². The normalized spacial score (nSPS) is 23.4. The van der Waals surface area contributed by atoms with Crippen molar-refractivity contribution in [2.45, 2.75) is 44.6 Å². The van der Waals surface area contributed by atoms with Crippen LogP contribution in [0.3, 0.4) is 0 Å². The lowest BCUT2D eigenvalue weighted by atomic mass is 9.75. The number of hydrogen-bond acceptors (Lipinski definition) is 3. The first-order valence-corrected chi connectivity index (χ1v) is 7.16. The van der Waals surface area contributed by atoms with Gasteiger partial charge in [0, 0.05) is 6.42 Å². The Balaban J connectivity index is 2.37. The zero-order chi connectivity index (χ0) is 13.7. The van der Waals surface area contributed by atoms with Crippen molar-refractivity contribution in [2.24, 2.45) is 0 Å². The summed E-state index contributed by atoms with van der Waals surface area (Å²) < 4.78 is 5.29. The van der Waals surface area contributed by atoms with E-state index in [1.54, 1.807) is 7.11 Å². The molecule has 0 bridgehead atoms. The third-order valence-electron chi connectivity index (χ3n) is 3.92. The zero-order valence-electron chi connectivity index (χ0n) is 11.9. The molecule has 1 aliphatic carbocycles. The molecule has 1 fully saturated rings. The van der Waals surface area contributed by atoms with E-state index < -0.39 is 5.54 Å². The van der Waals surface area contributed by atoms with Crippen LogP contribution in [-0.2, 0) is 10.3 Å². The van der Waals surface area contributed by atoms with E-state index in [0.29, 0.717) is 12.2 Å². The van der Waals surface area contributed by atoms with Gasteiger partial charge in [-0.05, 0) is 43.5 Å². The van der Waals surface area contributed by atoms with E-state index in [2.05, 4.69) is 12.2 Å². The first-order valence-electron chi connectivity index (χ1n) is 7.16. The van der Waals surface area contributed by atoms with Crippen LogP contribution in [0.2, 0.25) is 0 Å². The third-order valence-corrected chi connectivity index (χ3v) is 3.92. The van der Waals surface area contributed by atoms with E-state index in [1.807, 2.05) is 24.3 Å². The molecule has 1 aromatic rings. The molecule has 1 atom stereocenters. The molecule has 0 radical (unpaired) electrons. The predicted octanol–water partition coefficient (Wildman–Crippen LogP) is 3.03. The molecule has 0 amide bonds. The number of rotatable bonds is 5. The molecule has 0 aromatic heterocycles. The Morgan fingerprint density at radius 1 is 1.37 bits per heavy atom. The van der Waals surface area contributed by atoms with Crippen molar-refractivity contribution >= 4 is 5.78 Å². The van der Waals surface area contributed by atoms with Crippen LogP contribution in [-0.4, -0.2) is 19.4 Å². The van der Waals surface area contributed by atoms with Gasteiger partial charge in [0.25, 0.3) is 0 Å². The molecule has 0 aliphatic heterocycles. The van der Waals surface area contributed by atoms with E-state index >= 15 is 0 Å². The Bertz CT molecular complexity index is 444. The fourth-order valence-corrected chi connectivity index (χ4v) is 2.85. The Labute approximate surface area is 115 Å². The minimum atomic E-state index is -0.497. The van der Waals surface area contributed by atoms with E-state index in [0.717, 1.165) is 43.5 Å². The lowest BCUT2D eigenvalue weighted by molar-refractivity contribution is -0.128.